The molecule has 0 fully saturated rings. The van der Waals surface area contributed by atoms with E-state index in [2.05, 4.69) is 112 Å². The van der Waals surface area contributed by atoms with E-state index < -0.39 is 7.26 Å². The van der Waals surface area contributed by atoms with Crippen LogP contribution in [0, 0.1) is 6.57 Å². The Bertz CT molecular complexity index is 1750. The second kappa shape index (κ2) is 12.4. The summed E-state index contributed by atoms with van der Waals surface area (Å²) in [5, 5.41) is 4.41. The lowest BCUT2D eigenvalue weighted by Gasteiger charge is -2.28. The molecule has 42 heavy (non-hydrogen) atoms. The van der Waals surface area contributed by atoms with Crippen molar-refractivity contribution < 1.29 is 4.74 Å². The van der Waals surface area contributed by atoms with Crippen LogP contribution in [-0.2, 0) is 6.16 Å². The van der Waals surface area contributed by atoms with Crippen molar-refractivity contribution in [2.45, 2.75) is 6.16 Å². The second-order valence-corrected chi connectivity index (χ2v) is 13.6. The molecule has 1 heterocycles. The topological polar surface area (TPSA) is 39.4 Å². The van der Waals surface area contributed by atoms with E-state index in [9.17, 15) is 0 Å². The lowest BCUT2D eigenvalue weighted by atomic mass is 10.1. The molecule has 0 amide bonds. The van der Waals surface area contributed by atoms with Gasteiger partial charge >= 0.3 is 0 Å². The maximum Gasteiger partial charge on any atom is 0.237 e. The molecule has 0 atom stereocenters. The minimum atomic E-state index is -2.08. The van der Waals surface area contributed by atoms with E-state index in [1.54, 1.807) is 18.3 Å². The number of benzene rings is 5. The van der Waals surface area contributed by atoms with Crippen LogP contribution in [0.5, 0.6) is 11.5 Å². The standard InChI is InChI=1S/C36H26ClN3OP/c1-38-36-31(33-22-23-39-26-40-33)18-11-19-35(36)41-34-21-20-27(24-32(34)37)25-42(28-12-5-2-6-13-28,29-14-7-3-8-15-29)30-16-9-4-10-17-30/h2-24,26H,25H2/q+1. The van der Waals surface area contributed by atoms with Crippen LogP contribution in [0.2, 0.25) is 5.02 Å². The molecular weight excluding hydrogens is 557 g/mol. The zero-order chi connectivity index (χ0) is 28.8. The van der Waals surface area contributed by atoms with Crippen LogP contribution in [0.15, 0.2) is 146 Å². The van der Waals surface area contributed by atoms with E-state index in [0.29, 0.717) is 33.5 Å². The Morgan fingerprint density at radius 2 is 1.31 bits per heavy atom. The molecule has 0 aliphatic rings. The Morgan fingerprint density at radius 1 is 0.690 bits per heavy atom. The number of ether oxygens (including phenoxy) is 1. The molecule has 4 nitrogen and oxygen atoms in total. The summed E-state index contributed by atoms with van der Waals surface area (Å²) in [6, 6.07) is 45.6. The molecule has 5 aromatic carbocycles. The fourth-order valence-corrected chi connectivity index (χ4v) is 9.73. The molecular formula is C36H26ClN3OP+. The molecule has 0 aliphatic heterocycles. The third kappa shape index (κ3) is 5.41. The Morgan fingerprint density at radius 3 is 1.83 bits per heavy atom. The van der Waals surface area contributed by atoms with Gasteiger partial charge in [-0.3, -0.25) is 0 Å². The third-order valence-corrected chi connectivity index (χ3v) is 11.9. The molecule has 1 aromatic heterocycles. The fourth-order valence-electron chi connectivity index (χ4n) is 5.26. The molecule has 6 heteroatoms. The maximum atomic E-state index is 7.84. The number of halogens is 1. The molecule has 0 bridgehead atoms. The van der Waals surface area contributed by atoms with E-state index in [0.717, 1.165) is 11.7 Å². The second-order valence-electron chi connectivity index (χ2n) is 9.70. The highest BCUT2D eigenvalue weighted by molar-refractivity contribution is 7.95. The highest BCUT2D eigenvalue weighted by atomic mass is 35.5. The number of rotatable bonds is 8. The summed E-state index contributed by atoms with van der Waals surface area (Å²) >= 11 is 6.89. The van der Waals surface area contributed by atoms with Crippen LogP contribution in [0.3, 0.4) is 0 Å². The molecule has 6 aromatic rings. The molecule has 6 rings (SSSR count). The first-order valence-electron chi connectivity index (χ1n) is 13.5. The first-order chi connectivity index (χ1) is 20.7. The monoisotopic (exact) mass is 582 g/mol. The average molecular weight is 583 g/mol. The van der Waals surface area contributed by atoms with Gasteiger partial charge in [0.1, 0.15) is 41.0 Å². The Balaban J connectivity index is 1.40. The van der Waals surface area contributed by atoms with E-state index in [1.165, 1.54) is 22.2 Å². The molecule has 202 valence electrons. The van der Waals surface area contributed by atoms with Crippen molar-refractivity contribution >= 4 is 40.5 Å². The summed E-state index contributed by atoms with van der Waals surface area (Å²) in [7, 11) is -2.08. The third-order valence-electron chi connectivity index (χ3n) is 7.20. The lowest BCUT2D eigenvalue weighted by molar-refractivity contribution is 0.486. The van der Waals surface area contributed by atoms with Crippen LogP contribution in [0.1, 0.15) is 5.56 Å². The van der Waals surface area contributed by atoms with Gasteiger partial charge in [-0.25, -0.2) is 14.8 Å². The first kappa shape index (κ1) is 27.4. The van der Waals surface area contributed by atoms with E-state index in [-0.39, 0.29) is 0 Å². The van der Waals surface area contributed by atoms with Crippen LogP contribution in [0.4, 0.5) is 5.69 Å². The predicted octanol–water partition coefficient (Wildman–Crippen LogP) is 8.63. The SMILES string of the molecule is [C-]#[N+]c1c(Oc2ccc(C[P+](c3ccccc3)(c3ccccc3)c3ccccc3)cc2Cl)cccc1-c1ccncn1. The Labute approximate surface area is 251 Å². The van der Waals surface area contributed by atoms with E-state index in [1.807, 2.05) is 24.3 Å². The number of nitrogens with zero attached hydrogens (tertiary/aromatic N) is 3. The summed E-state index contributed by atoms with van der Waals surface area (Å²) in [5.74, 6) is 0.920. The van der Waals surface area contributed by atoms with Crippen LogP contribution in [0.25, 0.3) is 16.1 Å². The van der Waals surface area contributed by atoms with Crippen molar-refractivity contribution in [2.24, 2.45) is 0 Å². The fraction of sp³-hybridized carbons (Fsp3) is 0.0278. The van der Waals surface area contributed by atoms with Crippen molar-refractivity contribution in [2.75, 3.05) is 0 Å². The zero-order valence-corrected chi connectivity index (χ0v) is 24.3. The minimum absolute atomic E-state index is 0.374. The summed E-state index contributed by atoms with van der Waals surface area (Å²) in [6.07, 6.45) is 3.92. The van der Waals surface area contributed by atoms with Crippen molar-refractivity contribution in [3.05, 3.63) is 168 Å². The Kier molecular flexibility index (Phi) is 8.06. The quantitative estimate of drug-likeness (QED) is 0.133. The van der Waals surface area contributed by atoms with Gasteiger partial charge in [0.25, 0.3) is 0 Å². The molecule has 0 aliphatic carbocycles. The van der Waals surface area contributed by atoms with Gasteiger partial charge in [-0.2, -0.15) is 0 Å². The normalized spacial score (nSPS) is 11.0. The minimum Gasteiger partial charge on any atom is -0.467 e. The highest BCUT2D eigenvalue weighted by Crippen LogP contribution is 2.58. The molecule has 0 radical (unpaired) electrons. The van der Waals surface area contributed by atoms with E-state index >= 15 is 0 Å². The van der Waals surface area contributed by atoms with Crippen molar-refractivity contribution in [3.8, 4) is 22.8 Å². The highest BCUT2D eigenvalue weighted by Gasteiger charge is 2.45. The van der Waals surface area contributed by atoms with Crippen LogP contribution < -0.4 is 20.7 Å². The molecule has 0 saturated heterocycles. The summed E-state index contributed by atoms with van der Waals surface area (Å²) in [6.45, 7) is 7.84. The number of aromatic nitrogens is 2. The van der Waals surface area contributed by atoms with Gasteiger partial charge in [-0.1, -0.05) is 84.4 Å². The summed E-state index contributed by atoms with van der Waals surface area (Å²) in [4.78, 5) is 12.1. The number of hydrogen-bond acceptors (Lipinski definition) is 3. The van der Waals surface area contributed by atoms with Crippen LogP contribution in [-0.4, -0.2) is 9.97 Å². The van der Waals surface area contributed by atoms with Gasteiger partial charge in [-0.05, 0) is 66.2 Å². The number of para-hydroxylation sites is 1. The molecule has 0 saturated carbocycles. The molecule has 0 spiro atoms. The predicted molar refractivity (Wildman–Crippen MR) is 174 cm³/mol. The smallest absolute Gasteiger partial charge is 0.237 e. The number of hydrogen-bond donors (Lipinski definition) is 0. The first-order valence-corrected chi connectivity index (χ1v) is 15.8. The van der Waals surface area contributed by atoms with Gasteiger partial charge in [0.05, 0.1) is 23.5 Å². The van der Waals surface area contributed by atoms with Gasteiger partial charge in [0.15, 0.2) is 0 Å². The summed E-state index contributed by atoms with van der Waals surface area (Å²) < 4.78 is 6.25. The largest absolute Gasteiger partial charge is 0.467 e. The van der Waals surface area contributed by atoms with Gasteiger partial charge in [0.2, 0.25) is 5.69 Å². The van der Waals surface area contributed by atoms with Crippen molar-refractivity contribution in [1.82, 2.24) is 9.97 Å². The lowest BCUT2D eigenvalue weighted by Crippen LogP contribution is -2.32. The molecule has 0 unspecified atom stereocenters. The van der Waals surface area contributed by atoms with Crippen molar-refractivity contribution in [1.29, 1.82) is 0 Å². The molecule has 0 N–H and O–H groups in total. The van der Waals surface area contributed by atoms with Crippen molar-refractivity contribution in [3.63, 3.8) is 0 Å². The zero-order valence-electron chi connectivity index (χ0n) is 22.6. The van der Waals surface area contributed by atoms with Gasteiger partial charge < -0.3 is 4.74 Å². The average Bonchev–Trinajstić information content (AvgIpc) is 3.06. The maximum absolute atomic E-state index is 7.84. The van der Waals surface area contributed by atoms with E-state index in [4.69, 9.17) is 22.9 Å². The Hall–Kier alpha value is -4.81. The van der Waals surface area contributed by atoms with Gasteiger partial charge in [0, 0.05) is 11.8 Å². The van der Waals surface area contributed by atoms with Gasteiger partial charge in [-0.15, -0.1) is 0 Å². The summed E-state index contributed by atoms with van der Waals surface area (Å²) in [5.41, 5.74) is 2.82. The van der Waals surface area contributed by atoms with Crippen LogP contribution >= 0.6 is 18.9 Å².